The van der Waals surface area contributed by atoms with Crippen LogP contribution in [0.4, 0.5) is 0 Å². The molecule has 1 unspecified atom stereocenters. The van der Waals surface area contributed by atoms with Crippen LogP contribution < -0.4 is 4.72 Å². The van der Waals surface area contributed by atoms with Crippen molar-refractivity contribution in [1.82, 2.24) is 4.72 Å². The van der Waals surface area contributed by atoms with Crippen molar-refractivity contribution < 1.29 is 17.9 Å². The van der Waals surface area contributed by atoms with E-state index in [9.17, 15) is 13.2 Å². The zero-order valence-electron chi connectivity index (χ0n) is 10.4. The van der Waals surface area contributed by atoms with Gasteiger partial charge in [0.2, 0.25) is 10.0 Å². The fourth-order valence-corrected chi connectivity index (χ4v) is 2.62. The molecule has 1 rings (SSSR count). The Labute approximate surface area is 107 Å². The molecule has 1 atom stereocenters. The molecular formula is C12H17NO4S. The molecule has 0 radical (unpaired) electrons. The zero-order valence-corrected chi connectivity index (χ0v) is 11.2. The highest BCUT2D eigenvalue weighted by Crippen LogP contribution is 2.03. The normalized spacial score (nSPS) is 13.0. The summed E-state index contributed by atoms with van der Waals surface area (Å²) in [6.45, 7) is 3.24. The summed E-state index contributed by atoms with van der Waals surface area (Å²) in [5.74, 6) is -0.539. The van der Waals surface area contributed by atoms with Gasteiger partial charge in [0.15, 0.2) is 6.23 Å². The maximum Gasteiger partial charge on any atom is 0.339 e. The Bertz CT molecular complexity index is 484. The number of esters is 1. The van der Waals surface area contributed by atoms with Crippen LogP contribution in [0.25, 0.3) is 0 Å². The van der Waals surface area contributed by atoms with Crippen molar-refractivity contribution in [1.29, 1.82) is 0 Å². The number of benzene rings is 1. The number of hydrogen-bond acceptors (Lipinski definition) is 4. The molecule has 100 valence electrons. The third-order valence-electron chi connectivity index (χ3n) is 2.11. The molecule has 1 aromatic carbocycles. The van der Waals surface area contributed by atoms with Gasteiger partial charge in [-0.15, -0.1) is 0 Å². The van der Waals surface area contributed by atoms with Crippen LogP contribution in [0.15, 0.2) is 30.3 Å². The largest absolute Gasteiger partial charge is 0.442 e. The van der Waals surface area contributed by atoms with E-state index in [1.807, 2.05) is 0 Å². The first-order chi connectivity index (χ1) is 8.44. The number of carbonyl (C=O) groups excluding carboxylic acids is 1. The summed E-state index contributed by atoms with van der Waals surface area (Å²) in [6, 6.07) is 8.42. The van der Waals surface area contributed by atoms with Crippen molar-refractivity contribution in [2.24, 2.45) is 0 Å². The molecule has 0 saturated heterocycles. The molecular weight excluding hydrogens is 254 g/mol. The fraction of sp³-hybridized carbons (Fsp3) is 0.417. The molecule has 0 aromatic heterocycles. The lowest BCUT2D eigenvalue weighted by Gasteiger charge is -2.14. The van der Waals surface area contributed by atoms with Gasteiger partial charge in [-0.1, -0.05) is 25.1 Å². The average molecular weight is 271 g/mol. The lowest BCUT2D eigenvalue weighted by Crippen LogP contribution is -2.37. The fourth-order valence-electron chi connectivity index (χ4n) is 1.41. The van der Waals surface area contributed by atoms with Crippen LogP contribution in [-0.2, 0) is 14.8 Å². The SMILES string of the molecule is CCCS(=O)(=O)NC(C)OC(=O)c1ccccc1. The molecule has 0 aliphatic heterocycles. The van der Waals surface area contributed by atoms with Gasteiger partial charge >= 0.3 is 5.97 Å². The standard InChI is InChI=1S/C12H17NO4S/c1-3-9-18(15,16)13-10(2)17-12(14)11-7-5-4-6-8-11/h4-8,10,13H,3,9H2,1-2H3. The Balaban J connectivity index is 2.56. The smallest absolute Gasteiger partial charge is 0.339 e. The predicted octanol–water partition coefficient (Wildman–Crippen LogP) is 1.52. The van der Waals surface area contributed by atoms with Crippen LogP contribution in [0.2, 0.25) is 0 Å². The van der Waals surface area contributed by atoms with E-state index < -0.39 is 22.2 Å². The number of hydrogen-bond donors (Lipinski definition) is 1. The highest BCUT2D eigenvalue weighted by Gasteiger charge is 2.17. The highest BCUT2D eigenvalue weighted by molar-refractivity contribution is 7.89. The van der Waals surface area contributed by atoms with Gasteiger partial charge in [0.25, 0.3) is 0 Å². The molecule has 5 nitrogen and oxygen atoms in total. The van der Waals surface area contributed by atoms with E-state index >= 15 is 0 Å². The number of ether oxygens (including phenoxy) is 1. The van der Waals surface area contributed by atoms with Crippen LogP contribution in [0.1, 0.15) is 30.6 Å². The summed E-state index contributed by atoms with van der Waals surface area (Å²) < 4.78 is 30.2. The molecule has 0 spiro atoms. The van der Waals surface area contributed by atoms with Crippen LogP contribution in [-0.4, -0.2) is 26.4 Å². The Morgan fingerprint density at radius 2 is 1.94 bits per heavy atom. The van der Waals surface area contributed by atoms with Gasteiger partial charge in [0.1, 0.15) is 0 Å². The summed E-state index contributed by atoms with van der Waals surface area (Å²) in [4.78, 5) is 11.6. The summed E-state index contributed by atoms with van der Waals surface area (Å²) in [5, 5.41) is 0. The van der Waals surface area contributed by atoms with E-state index in [2.05, 4.69) is 4.72 Å². The van der Waals surface area contributed by atoms with Gasteiger partial charge < -0.3 is 4.74 Å². The van der Waals surface area contributed by atoms with E-state index in [-0.39, 0.29) is 5.75 Å². The molecule has 0 fully saturated rings. The van der Waals surface area contributed by atoms with Crippen LogP contribution in [0, 0.1) is 0 Å². The van der Waals surface area contributed by atoms with E-state index in [1.54, 1.807) is 37.3 Å². The highest BCUT2D eigenvalue weighted by atomic mass is 32.2. The minimum atomic E-state index is -3.39. The second kappa shape index (κ2) is 6.51. The molecule has 18 heavy (non-hydrogen) atoms. The van der Waals surface area contributed by atoms with Gasteiger partial charge in [0.05, 0.1) is 11.3 Å². The summed E-state index contributed by atoms with van der Waals surface area (Å²) >= 11 is 0. The van der Waals surface area contributed by atoms with Crippen molar-refractivity contribution in [3.8, 4) is 0 Å². The third kappa shape index (κ3) is 4.85. The molecule has 0 aliphatic rings. The molecule has 6 heteroatoms. The van der Waals surface area contributed by atoms with Crippen LogP contribution >= 0.6 is 0 Å². The minimum absolute atomic E-state index is 0.0141. The lowest BCUT2D eigenvalue weighted by molar-refractivity contribution is 0.0320. The predicted molar refractivity (Wildman–Crippen MR) is 68.5 cm³/mol. The van der Waals surface area contributed by atoms with Crippen molar-refractivity contribution in [2.75, 3.05) is 5.75 Å². The van der Waals surface area contributed by atoms with Crippen LogP contribution in [0.5, 0.6) is 0 Å². The number of rotatable bonds is 6. The van der Waals surface area contributed by atoms with Gasteiger partial charge in [-0.25, -0.2) is 13.2 Å². The first-order valence-corrected chi connectivity index (χ1v) is 7.36. The summed E-state index contributed by atoms with van der Waals surface area (Å²) in [7, 11) is -3.39. The van der Waals surface area contributed by atoms with E-state index in [4.69, 9.17) is 4.74 Å². The molecule has 0 bridgehead atoms. The van der Waals surface area contributed by atoms with Crippen LogP contribution in [0.3, 0.4) is 0 Å². The van der Waals surface area contributed by atoms with Gasteiger partial charge in [0, 0.05) is 0 Å². The van der Waals surface area contributed by atoms with E-state index in [0.29, 0.717) is 12.0 Å². The Hall–Kier alpha value is -1.40. The van der Waals surface area contributed by atoms with Crippen molar-refractivity contribution in [2.45, 2.75) is 26.5 Å². The molecule has 1 N–H and O–H groups in total. The summed E-state index contributed by atoms with van der Waals surface area (Å²) in [5.41, 5.74) is 0.388. The maximum atomic E-state index is 11.6. The van der Waals surface area contributed by atoms with Gasteiger partial charge in [-0.05, 0) is 25.5 Å². The quantitative estimate of drug-likeness (QED) is 0.629. The molecule has 1 aromatic rings. The Morgan fingerprint density at radius 3 is 2.50 bits per heavy atom. The second-order valence-corrected chi connectivity index (χ2v) is 5.72. The van der Waals surface area contributed by atoms with Gasteiger partial charge in [-0.2, -0.15) is 4.72 Å². The number of sulfonamides is 1. The topological polar surface area (TPSA) is 72.5 Å². The summed E-state index contributed by atoms with van der Waals surface area (Å²) in [6.07, 6.45) is -0.372. The molecule has 0 amide bonds. The van der Waals surface area contributed by atoms with Crippen molar-refractivity contribution in [3.05, 3.63) is 35.9 Å². The third-order valence-corrected chi connectivity index (χ3v) is 3.75. The Kier molecular flexibility index (Phi) is 5.30. The second-order valence-electron chi connectivity index (χ2n) is 3.85. The van der Waals surface area contributed by atoms with E-state index in [1.165, 1.54) is 6.92 Å². The molecule has 0 heterocycles. The number of carbonyl (C=O) groups is 1. The first kappa shape index (κ1) is 14.7. The van der Waals surface area contributed by atoms with Crippen molar-refractivity contribution in [3.63, 3.8) is 0 Å². The monoisotopic (exact) mass is 271 g/mol. The molecule has 0 saturated carbocycles. The zero-order chi connectivity index (χ0) is 13.6. The van der Waals surface area contributed by atoms with Crippen molar-refractivity contribution >= 4 is 16.0 Å². The number of nitrogens with one attached hydrogen (secondary N) is 1. The lowest BCUT2D eigenvalue weighted by atomic mass is 10.2. The van der Waals surface area contributed by atoms with E-state index in [0.717, 1.165) is 0 Å². The molecule has 0 aliphatic carbocycles. The average Bonchev–Trinajstić information content (AvgIpc) is 2.28. The maximum absolute atomic E-state index is 11.6. The minimum Gasteiger partial charge on any atom is -0.442 e. The Morgan fingerprint density at radius 1 is 1.33 bits per heavy atom. The first-order valence-electron chi connectivity index (χ1n) is 5.70. The van der Waals surface area contributed by atoms with Gasteiger partial charge in [-0.3, -0.25) is 0 Å².